The fourth-order valence-corrected chi connectivity index (χ4v) is 3.77. The number of imidazole rings is 1. The van der Waals surface area contributed by atoms with Crippen molar-refractivity contribution in [2.75, 3.05) is 18.4 Å². The summed E-state index contributed by atoms with van der Waals surface area (Å²) in [5.41, 5.74) is 2.10. The van der Waals surface area contributed by atoms with Crippen molar-refractivity contribution < 1.29 is 4.79 Å². The molecule has 23 heavy (non-hydrogen) atoms. The van der Waals surface area contributed by atoms with Gasteiger partial charge in [-0.25, -0.2) is 4.98 Å². The van der Waals surface area contributed by atoms with Crippen molar-refractivity contribution >= 4 is 22.9 Å². The summed E-state index contributed by atoms with van der Waals surface area (Å²) in [5, 5.41) is 6.35. The molecule has 0 bridgehead atoms. The molecule has 5 heteroatoms. The van der Waals surface area contributed by atoms with E-state index in [1.807, 2.05) is 25.1 Å². The molecule has 1 aromatic heterocycles. The van der Waals surface area contributed by atoms with Gasteiger partial charge in [0.1, 0.15) is 0 Å². The SMILES string of the molecule is CC(C(=O)Nc1nc2ccccc2n1C1CCCC1)C1CNC1. The van der Waals surface area contributed by atoms with Gasteiger partial charge in [-0.15, -0.1) is 0 Å². The molecule has 2 fully saturated rings. The summed E-state index contributed by atoms with van der Waals surface area (Å²) in [5.74, 6) is 1.28. The second-order valence-corrected chi connectivity index (χ2v) is 6.93. The zero-order valence-corrected chi connectivity index (χ0v) is 13.6. The molecular formula is C18H24N4O. The number of para-hydroxylation sites is 2. The maximum Gasteiger partial charge on any atom is 0.229 e. The van der Waals surface area contributed by atoms with Crippen molar-refractivity contribution in [2.45, 2.75) is 38.6 Å². The third kappa shape index (κ3) is 2.63. The molecule has 1 unspecified atom stereocenters. The molecule has 1 atom stereocenters. The van der Waals surface area contributed by atoms with Gasteiger partial charge < -0.3 is 9.88 Å². The van der Waals surface area contributed by atoms with Crippen LogP contribution < -0.4 is 10.6 Å². The van der Waals surface area contributed by atoms with Crippen LogP contribution in [0.1, 0.15) is 38.6 Å². The van der Waals surface area contributed by atoms with Crippen molar-refractivity contribution in [1.82, 2.24) is 14.9 Å². The minimum atomic E-state index is 0.0214. The average Bonchev–Trinajstić information content (AvgIpc) is 3.11. The molecule has 1 aliphatic carbocycles. The Hall–Kier alpha value is -1.88. The molecule has 0 radical (unpaired) electrons. The van der Waals surface area contributed by atoms with E-state index in [9.17, 15) is 4.79 Å². The van der Waals surface area contributed by atoms with Crippen molar-refractivity contribution in [1.29, 1.82) is 0 Å². The number of aromatic nitrogens is 2. The summed E-state index contributed by atoms with van der Waals surface area (Å²) in [6, 6.07) is 8.64. The lowest BCUT2D eigenvalue weighted by Gasteiger charge is -2.31. The summed E-state index contributed by atoms with van der Waals surface area (Å²) in [7, 11) is 0. The second-order valence-electron chi connectivity index (χ2n) is 6.93. The topological polar surface area (TPSA) is 59.0 Å². The Morgan fingerprint density at radius 2 is 2.04 bits per heavy atom. The third-order valence-corrected chi connectivity index (χ3v) is 5.45. The van der Waals surface area contributed by atoms with E-state index in [-0.39, 0.29) is 11.8 Å². The van der Waals surface area contributed by atoms with E-state index >= 15 is 0 Å². The van der Waals surface area contributed by atoms with Gasteiger partial charge in [0, 0.05) is 12.0 Å². The highest BCUT2D eigenvalue weighted by Crippen LogP contribution is 2.35. The number of carbonyl (C=O) groups is 1. The lowest BCUT2D eigenvalue weighted by molar-refractivity contribution is -0.121. The number of nitrogens with one attached hydrogen (secondary N) is 2. The normalized spacial score (nSPS) is 20.6. The molecule has 1 saturated heterocycles. The van der Waals surface area contributed by atoms with Crippen molar-refractivity contribution in [3.8, 4) is 0 Å². The van der Waals surface area contributed by atoms with Crippen LogP contribution in [0.15, 0.2) is 24.3 Å². The van der Waals surface area contributed by atoms with Gasteiger partial charge >= 0.3 is 0 Å². The van der Waals surface area contributed by atoms with E-state index in [0.717, 1.165) is 30.1 Å². The summed E-state index contributed by atoms with van der Waals surface area (Å²) in [6.07, 6.45) is 4.86. The molecule has 2 aromatic rings. The van der Waals surface area contributed by atoms with E-state index in [1.54, 1.807) is 0 Å². The van der Waals surface area contributed by atoms with Crippen molar-refractivity contribution in [3.05, 3.63) is 24.3 Å². The van der Waals surface area contributed by atoms with Gasteiger partial charge in [0.2, 0.25) is 11.9 Å². The molecule has 1 saturated carbocycles. The number of nitrogens with zero attached hydrogens (tertiary/aromatic N) is 2. The molecule has 2 aliphatic rings. The Morgan fingerprint density at radius 3 is 2.74 bits per heavy atom. The van der Waals surface area contributed by atoms with Crippen LogP contribution in [-0.4, -0.2) is 28.5 Å². The summed E-state index contributed by atoms with van der Waals surface area (Å²) < 4.78 is 2.26. The Bertz CT molecular complexity index is 713. The number of hydrogen-bond donors (Lipinski definition) is 2. The minimum Gasteiger partial charge on any atom is -0.316 e. The van der Waals surface area contributed by atoms with Crippen LogP contribution in [0.25, 0.3) is 11.0 Å². The standard InChI is InChI=1S/C18H24N4O/c1-12(13-10-19-11-13)17(23)21-18-20-15-8-4-5-9-16(15)22(18)14-6-2-3-7-14/h4-5,8-9,12-14,19H,2-3,6-7,10-11H2,1H3,(H,20,21,23). The minimum absolute atomic E-state index is 0.0214. The molecule has 1 aliphatic heterocycles. The first kappa shape index (κ1) is 14.7. The molecule has 5 nitrogen and oxygen atoms in total. The number of amides is 1. The number of carbonyl (C=O) groups excluding carboxylic acids is 1. The maximum absolute atomic E-state index is 12.6. The summed E-state index contributed by atoms with van der Waals surface area (Å²) >= 11 is 0. The third-order valence-electron chi connectivity index (χ3n) is 5.45. The van der Waals surface area contributed by atoms with Gasteiger partial charge in [-0.05, 0) is 44.0 Å². The largest absolute Gasteiger partial charge is 0.316 e. The van der Waals surface area contributed by atoms with Gasteiger partial charge in [0.25, 0.3) is 0 Å². The van der Waals surface area contributed by atoms with E-state index in [2.05, 4.69) is 21.3 Å². The number of fused-ring (bicyclic) bond motifs is 1. The van der Waals surface area contributed by atoms with Crippen LogP contribution in [0, 0.1) is 11.8 Å². The summed E-state index contributed by atoms with van der Waals surface area (Å²) in [6.45, 7) is 3.89. The highest BCUT2D eigenvalue weighted by molar-refractivity contribution is 5.93. The lowest BCUT2D eigenvalue weighted by Crippen LogP contribution is -2.48. The zero-order chi connectivity index (χ0) is 15.8. The maximum atomic E-state index is 12.6. The molecule has 2 heterocycles. The first-order chi connectivity index (χ1) is 11.2. The first-order valence-corrected chi connectivity index (χ1v) is 8.72. The van der Waals surface area contributed by atoms with Crippen LogP contribution in [-0.2, 0) is 4.79 Å². The van der Waals surface area contributed by atoms with E-state index in [1.165, 1.54) is 25.7 Å². The van der Waals surface area contributed by atoms with Crippen LogP contribution >= 0.6 is 0 Å². The predicted octanol–water partition coefficient (Wildman–Crippen LogP) is 2.95. The number of rotatable bonds is 4. The number of hydrogen-bond acceptors (Lipinski definition) is 3. The second kappa shape index (κ2) is 5.96. The molecule has 1 amide bonds. The van der Waals surface area contributed by atoms with E-state index in [0.29, 0.717) is 12.0 Å². The quantitative estimate of drug-likeness (QED) is 0.912. The van der Waals surface area contributed by atoms with Gasteiger partial charge in [-0.2, -0.15) is 0 Å². The van der Waals surface area contributed by atoms with Crippen molar-refractivity contribution in [3.63, 3.8) is 0 Å². The molecule has 0 spiro atoms. The van der Waals surface area contributed by atoms with E-state index in [4.69, 9.17) is 4.98 Å². The van der Waals surface area contributed by atoms with Crippen molar-refractivity contribution in [2.24, 2.45) is 11.8 Å². The molecule has 2 N–H and O–H groups in total. The van der Waals surface area contributed by atoms with Gasteiger partial charge in [-0.1, -0.05) is 31.9 Å². The number of anilines is 1. The predicted molar refractivity (Wildman–Crippen MR) is 91.4 cm³/mol. The van der Waals surface area contributed by atoms with Crippen LogP contribution in [0.3, 0.4) is 0 Å². The lowest BCUT2D eigenvalue weighted by atomic mass is 9.88. The molecule has 122 valence electrons. The fourth-order valence-electron chi connectivity index (χ4n) is 3.77. The van der Waals surface area contributed by atoms with Crippen LogP contribution in [0.4, 0.5) is 5.95 Å². The molecular weight excluding hydrogens is 288 g/mol. The smallest absolute Gasteiger partial charge is 0.229 e. The van der Waals surface area contributed by atoms with Gasteiger partial charge in [-0.3, -0.25) is 10.1 Å². The average molecular weight is 312 g/mol. The van der Waals surface area contributed by atoms with Gasteiger partial charge in [0.15, 0.2) is 0 Å². The molecule has 4 rings (SSSR count). The van der Waals surface area contributed by atoms with E-state index < -0.39 is 0 Å². The fraction of sp³-hybridized carbons (Fsp3) is 0.556. The Balaban J connectivity index is 1.65. The monoisotopic (exact) mass is 312 g/mol. The Labute approximate surface area is 136 Å². The highest BCUT2D eigenvalue weighted by Gasteiger charge is 2.30. The first-order valence-electron chi connectivity index (χ1n) is 8.72. The van der Waals surface area contributed by atoms with Crippen LogP contribution in [0.2, 0.25) is 0 Å². The Kier molecular flexibility index (Phi) is 3.81. The molecule has 1 aromatic carbocycles. The highest BCUT2D eigenvalue weighted by atomic mass is 16.2. The Morgan fingerprint density at radius 1 is 1.30 bits per heavy atom. The zero-order valence-electron chi connectivity index (χ0n) is 13.6. The van der Waals surface area contributed by atoms with Gasteiger partial charge in [0.05, 0.1) is 11.0 Å². The van der Waals surface area contributed by atoms with Crippen LogP contribution in [0.5, 0.6) is 0 Å². The number of benzene rings is 1. The summed E-state index contributed by atoms with van der Waals surface area (Å²) in [4.78, 5) is 17.3.